The molecular formula is C24H29BrN4O5. The normalized spacial score (nSPS) is 10.9. The van der Waals surface area contributed by atoms with Gasteiger partial charge in [0.15, 0.2) is 6.61 Å². The van der Waals surface area contributed by atoms with E-state index in [2.05, 4.69) is 37.1 Å². The number of rotatable bonds is 11. The summed E-state index contributed by atoms with van der Waals surface area (Å²) < 4.78 is 11.8. The van der Waals surface area contributed by atoms with Crippen molar-refractivity contribution in [1.82, 2.24) is 10.7 Å². The quantitative estimate of drug-likeness (QED) is 0.178. The van der Waals surface area contributed by atoms with Crippen molar-refractivity contribution in [3.05, 3.63) is 58.1 Å². The molecule has 0 aliphatic rings. The minimum absolute atomic E-state index is 0.125. The Morgan fingerprint density at radius 2 is 1.82 bits per heavy atom. The average molecular weight is 533 g/mol. The van der Waals surface area contributed by atoms with Crippen LogP contribution in [0.25, 0.3) is 0 Å². The number of halogens is 1. The molecule has 10 heteroatoms. The summed E-state index contributed by atoms with van der Waals surface area (Å²) in [4.78, 5) is 35.5. The fraction of sp³-hybridized carbons (Fsp3) is 0.333. The molecule has 0 atom stereocenters. The van der Waals surface area contributed by atoms with Crippen molar-refractivity contribution in [2.75, 3.05) is 25.1 Å². The molecule has 0 heterocycles. The monoisotopic (exact) mass is 532 g/mol. The van der Waals surface area contributed by atoms with Crippen LogP contribution in [0.3, 0.4) is 0 Å². The van der Waals surface area contributed by atoms with Crippen molar-refractivity contribution < 1.29 is 23.9 Å². The van der Waals surface area contributed by atoms with Gasteiger partial charge in [0, 0.05) is 23.3 Å². The standard InChI is InChI=1S/C24H29BrN4O5/c1-16(2)33-12-4-11-26-23(31)24(32)29-27-14-18-5-8-20(9-6-18)34-15-22(30)28-19-7-10-21(25)17(3)13-19/h5-10,13-14,16H,4,11-12,15H2,1-3H3,(H,26,31)(H,28,30)(H,29,32)/b27-14-. The highest BCUT2D eigenvalue weighted by molar-refractivity contribution is 9.10. The van der Waals surface area contributed by atoms with Crippen molar-refractivity contribution in [2.45, 2.75) is 33.3 Å². The topological polar surface area (TPSA) is 118 Å². The number of carbonyl (C=O) groups is 3. The number of hydrogen-bond acceptors (Lipinski definition) is 6. The van der Waals surface area contributed by atoms with E-state index in [1.165, 1.54) is 6.21 Å². The van der Waals surface area contributed by atoms with Crippen LogP contribution >= 0.6 is 15.9 Å². The lowest BCUT2D eigenvalue weighted by molar-refractivity contribution is -0.139. The van der Waals surface area contributed by atoms with Crippen molar-refractivity contribution >= 4 is 45.6 Å². The van der Waals surface area contributed by atoms with Crippen LogP contribution < -0.4 is 20.8 Å². The van der Waals surface area contributed by atoms with E-state index in [1.54, 1.807) is 30.3 Å². The minimum Gasteiger partial charge on any atom is -0.484 e. The molecule has 0 radical (unpaired) electrons. The number of aryl methyl sites for hydroxylation is 1. The molecule has 0 aliphatic heterocycles. The van der Waals surface area contributed by atoms with Gasteiger partial charge in [-0.25, -0.2) is 5.43 Å². The Kier molecular flexibility index (Phi) is 11.2. The lowest BCUT2D eigenvalue weighted by Crippen LogP contribution is -2.38. The molecule has 2 aromatic carbocycles. The van der Waals surface area contributed by atoms with E-state index in [0.717, 1.165) is 10.0 Å². The molecule has 2 aromatic rings. The maximum absolute atomic E-state index is 12.1. The van der Waals surface area contributed by atoms with Gasteiger partial charge in [0.2, 0.25) is 0 Å². The number of ether oxygens (including phenoxy) is 2. The molecule has 0 saturated heterocycles. The number of nitrogens with one attached hydrogen (secondary N) is 3. The molecular weight excluding hydrogens is 504 g/mol. The van der Waals surface area contributed by atoms with Gasteiger partial charge in [-0.15, -0.1) is 0 Å². The molecule has 0 aliphatic carbocycles. The summed E-state index contributed by atoms with van der Waals surface area (Å²) in [7, 11) is 0. The Balaban J connectivity index is 1.70. The number of carbonyl (C=O) groups excluding carboxylic acids is 3. The summed E-state index contributed by atoms with van der Waals surface area (Å²) in [5, 5.41) is 9.05. The van der Waals surface area contributed by atoms with Gasteiger partial charge >= 0.3 is 11.8 Å². The third-order valence-electron chi connectivity index (χ3n) is 4.34. The van der Waals surface area contributed by atoms with E-state index in [0.29, 0.717) is 36.6 Å². The first-order chi connectivity index (χ1) is 16.2. The largest absolute Gasteiger partial charge is 0.484 e. The van der Waals surface area contributed by atoms with Crippen molar-refractivity contribution in [3.63, 3.8) is 0 Å². The summed E-state index contributed by atoms with van der Waals surface area (Å²) in [6, 6.07) is 12.3. The van der Waals surface area contributed by atoms with Crippen LogP contribution in [-0.2, 0) is 19.1 Å². The first kappa shape index (κ1) is 27.0. The Morgan fingerprint density at radius 1 is 1.09 bits per heavy atom. The second-order valence-corrected chi connectivity index (χ2v) is 8.45. The van der Waals surface area contributed by atoms with Gasteiger partial charge in [-0.3, -0.25) is 14.4 Å². The van der Waals surface area contributed by atoms with Crippen molar-refractivity contribution in [1.29, 1.82) is 0 Å². The lowest BCUT2D eigenvalue weighted by atomic mass is 10.2. The fourth-order valence-electron chi connectivity index (χ4n) is 2.61. The van der Waals surface area contributed by atoms with Gasteiger partial charge in [0.05, 0.1) is 12.3 Å². The Hall–Kier alpha value is -3.24. The molecule has 34 heavy (non-hydrogen) atoms. The predicted octanol–water partition coefficient (Wildman–Crippen LogP) is 3.16. The highest BCUT2D eigenvalue weighted by Crippen LogP contribution is 2.20. The van der Waals surface area contributed by atoms with Crippen LogP contribution in [0, 0.1) is 6.92 Å². The fourth-order valence-corrected chi connectivity index (χ4v) is 2.85. The molecule has 0 saturated carbocycles. The molecule has 0 spiro atoms. The first-order valence-electron chi connectivity index (χ1n) is 10.8. The summed E-state index contributed by atoms with van der Waals surface area (Å²) >= 11 is 3.42. The summed E-state index contributed by atoms with van der Waals surface area (Å²) in [5.41, 5.74) is 4.56. The van der Waals surface area contributed by atoms with Gasteiger partial charge < -0.3 is 20.1 Å². The van der Waals surface area contributed by atoms with Gasteiger partial charge in [0.25, 0.3) is 5.91 Å². The number of hydrazone groups is 1. The van der Waals surface area contributed by atoms with E-state index in [-0.39, 0.29) is 18.6 Å². The molecule has 0 bridgehead atoms. The molecule has 0 unspecified atom stereocenters. The van der Waals surface area contributed by atoms with E-state index >= 15 is 0 Å². The first-order valence-corrected chi connectivity index (χ1v) is 11.6. The zero-order chi connectivity index (χ0) is 24.9. The third kappa shape index (κ3) is 10.1. The Morgan fingerprint density at radius 3 is 2.50 bits per heavy atom. The van der Waals surface area contributed by atoms with Gasteiger partial charge in [-0.2, -0.15) is 5.10 Å². The number of amides is 3. The van der Waals surface area contributed by atoms with Gasteiger partial charge in [-0.05, 0) is 80.8 Å². The van der Waals surface area contributed by atoms with E-state index in [1.807, 2.05) is 32.9 Å². The van der Waals surface area contributed by atoms with Crippen molar-refractivity contribution in [3.8, 4) is 5.75 Å². The summed E-state index contributed by atoms with van der Waals surface area (Å²) in [6.07, 6.45) is 2.13. The van der Waals surface area contributed by atoms with Crippen LogP contribution in [0.15, 0.2) is 52.0 Å². The summed E-state index contributed by atoms with van der Waals surface area (Å²) in [5.74, 6) is -1.39. The molecule has 9 nitrogen and oxygen atoms in total. The third-order valence-corrected chi connectivity index (χ3v) is 5.23. The highest BCUT2D eigenvalue weighted by atomic mass is 79.9. The number of nitrogens with zero attached hydrogens (tertiary/aromatic N) is 1. The Labute approximate surface area is 207 Å². The Bertz CT molecular complexity index is 1010. The van der Waals surface area contributed by atoms with Crippen molar-refractivity contribution in [2.24, 2.45) is 5.10 Å². The number of anilines is 1. The molecule has 182 valence electrons. The molecule has 0 fully saturated rings. The van der Waals surface area contributed by atoms with Crippen LogP contribution in [0.5, 0.6) is 5.75 Å². The minimum atomic E-state index is -0.854. The highest BCUT2D eigenvalue weighted by Gasteiger charge is 2.11. The van der Waals surface area contributed by atoms with Crippen LogP contribution in [-0.4, -0.2) is 49.8 Å². The van der Waals surface area contributed by atoms with Gasteiger partial charge in [-0.1, -0.05) is 15.9 Å². The number of benzene rings is 2. The van der Waals surface area contributed by atoms with Crippen LogP contribution in [0.4, 0.5) is 5.69 Å². The second-order valence-electron chi connectivity index (χ2n) is 7.60. The maximum atomic E-state index is 12.1. The predicted molar refractivity (Wildman–Crippen MR) is 134 cm³/mol. The molecule has 0 aromatic heterocycles. The second kappa shape index (κ2) is 14.1. The van der Waals surface area contributed by atoms with E-state index < -0.39 is 11.8 Å². The number of hydrogen-bond donors (Lipinski definition) is 3. The molecule has 2 rings (SSSR count). The molecule has 3 amide bonds. The zero-order valence-electron chi connectivity index (χ0n) is 19.4. The van der Waals surface area contributed by atoms with E-state index in [4.69, 9.17) is 9.47 Å². The molecule has 3 N–H and O–H groups in total. The summed E-state index contributed by atoms with van der Waals surface area (Å²) in [6.45, 7) is 6.49. The SMILES string of the molecule is Cc1cc(NC(=O)COc2ccc(/C=N\NC(=O)C(=O)NCCCOC(C)C)cc2)ccc1Br. The lowest BCUT2D eigenvalue weighted by Gasteiger charge is -2.09. The maximum Gasteiger partial charge on any atom is 0.329 e. The van der Waals surface area contributed by atoms with Crippen LogP contribution in [0.2, 0.25) is 0 Å². The van der Waals surface area contributed by atoms with Gasteiger partial charge in [0.1, 0.15) is 5.75 Å². The van der Waals surface area contributed by atoms with E-state index in [9.17, 15) is 14.4 Å². The van der Waals surface area contributed by atoms with Crippen LogP contribution in [0.1, 0.15) is 31.4 Å². The average Bonchev–Trinajstić information content (AvgIpc) is 2.80. The smallest absolute Gasteiger partial charge is 0.329 e. The zero-order valence-corrected chi connectivity index (χ0v) is 21.0.